The average Bonchev–Trinajstić information content (AvgIpc) is 2.95. The quantitative estimate of drug-likeness (QED) is 0.821. The Hall–Kier alpha value is -2.13. The molecule has 1 atom stereocenters. The van der Waals surface area contributed by atoms with E-state index in [1.165, 1.54) is 38.8 Å². The maximum absolute atomic E-state index is 13.3. The number of Topliss-reactive ketones (excluding diaryl/α,β-unsaturated/α-hetero) is 1. The predicted molar refractivity (Wildman–Crippen MR) is 101 cm³/mol. The Bertz CT molecular complexity index is 658. The molecule has 0 aliphatic carbocycles. The minimum atomic E-state index is -0.0808. The highest BCUT2D eigenvalue weighted by Crippen LogP contribution is 2.22. The van der Waals surface area contributed by atoms with E-state index < -0.39 is 0 Å². The molecule has 1 saturated heterocycles. The van der Waals surface area contributed by atoms with Crippen molar-refractivity contribution in [1.29, 1.82) is 0 Å². The molecule has 2 aromatic rings. The van der Waals surface area contributed by atoms with E-state index in [9.17, 15) is 4.79 Å². The topological polar surface area (TPSA) is 30.7 Å². The number of ketones is 1. The minimum Gasteiger partial charge on any atom is -0.497 e. The number of hydrogen-bond acceptors (Lipinski definition) is 2. The summed E-state index contributed by atoms with van der Waals surface area (Å²) in [5.41, 5.74) is 1.89. The summed E-state index contributed by atoms with van der Waals surface area (Å²) < 4.78 is 5.21. The minimum absolute atomic E-state index is 0.0808. The van der Waals surface area contributed by atoms with Gasteiger partial charge in [-0.2, -0.15) is 0 Å². The van der Waals surface area contributed by atoms with E-state index in [2.05, 4.69) is 12.1 Å². The molecule has 1 N–H and O–H groups in total. The van der Waals surface area contributed by atoms with Crippen molar-refractivity contribution in [3.05, 3.63) is 65.7 Å². The zero-order chi connectivity index (χ0) is 17.5. The maximum atomic E-state index is 13.3. The molecule has 1 heterocycles. The number of hydrogen-bond donors (Lipinski definition) is 1. The molecule has 1 fully saturated rings. The molecular weight excluding hydrogens is 310 g/mol. The SMILES string of the molecule is COc1ccc(C(=O)C(C[NH+]2CCCCCC2)c2ccccc2)cc1. The molecule has 0 saturated carbocycles. The summed E-state index contributed by atoms with van der Waals surface area (Å²) in [7, 11) is 1.65. The summed E-state index contributed by atoms with van der Waals surface area (Å²) in [6, 6.07) is 17.7. The lowest BCUT2D eigenvalue weighted by atomic mass is 9.90. The number of carbonyl (C=O) groups is 1. The summed E-state index contributed by atoms with van der Waals surface area (Å²) in [5, 5.41) is 0. The third kappa shape index (κ3) is 4.70. The lowest BCUT2D eigenvalue weighted by Gasteiger charge is -2.23. The molecule has 0 aromatic heterocycles. The number of likely N-dealkylation sites (tertiary alicyclic amines) is 1. The first kappa shape index (κ1) is 17.7. The van der Waals surface area contributed by atoms with Gasteiger partial charge in [0.25, 0.3) is 0 Å². The van der Waals surface area contributed by atoms with Gasteiger partial charge in [0.1, 0.15) is 5.75 Å². The number of benzene rings is 2. The summed E-state index contributed by atoms with van der Waals surface area (Å²) in [6.45, 7) is 3.24. The second kappa shape index (κ2) is 8.82. The summed E-state index contributed by atoms with van der Waals surface area (Å²) in [4.78, 5) is 14.8. The van der Waals surface area contributed by atoms with E-state index in [-0.39, 0.29) is 11.7 Å². The zero-order valence-corrected chi connectivity index (χ0v) is 15.0. The molecule has 25 heavy (non-hydrogen) atoms. The van der Waals surface area contributed by atoms with Gasteiger partial charge in [0.15, 0.2) is 5.78 Å². The van der Waals surface area contributed by atoms with E-state index in [4.69, 9.17) is 4.74 Å². The molecule has 0 bridgehead atoms. The van der Waals surface area contributed by atoms with E-state index in [1.807, 2.05) is 42.5 Å². The molecule has 2 aromatic carbocycles. The van der Waals surface area contributed by atoms with Crippen LogP contribution in [-0.4, -0.2) is 32.5 Å². The Morgan fingerprint density at radius 3 is 2.20 bits per heavy atom. The molecule has 0 spiro atoms. The van der Waals surface area contributed by atoms with Gasteiger partial charge in [-0.1, -0.05) is 30.3 Å². The number of methoxy groups -OCH3 is 1. The van der Waals surface area contributed by atoms with Crippen LogP contribution < -0.4 is 9.64 Å². The van der Waals surface area contributed by atoms with E-state index in [0.717, 1.165) is 23.4 Å². The van der Waals surface area contributed by atoms with Crippen LogP contribution in [0.25, 0.3) is 0 Å². The van der Waals surface area contributed by atoms with Crippen LogP contribution in [0.2, 0.25) is 0 Å². The van der Waals surface area contributed by atoms with Crippen LogP contribution in [0.1, 0.15) is 47.5 Å². The second-order valence-corrected chi connectivity index (χ2v) is 6.92. The number of nitrogens with one attached hydrogen (secondary N) is 1. The molecule has 0 radical (unpaired) electrons. The third-order valence-electron chi connectivity index (χ3n) is 5.20. The van der Waals surface area contributed by atoms with Gasteiger partial charge >= 0.3 is 0 Å². The van der Waals surface area contributed by atoms with Crippen LogP contribution in [-0.2, 0) is 0 Å². The van der Waals surface area contributed by atoms with E-state index in [0.29, 0.717) is 0 Å². The standard InChI is InChI=1S/C22H27NO2/c1-25-20-13-11-19(12-14-20)22(24)21(18-9-5-4-6-10-18)17-23-15-7-2-3-8-16-23/h4-6,9-14,21H,2-3,7-8,15-17H2,1H3/p+1. The number of carbonyl (C=O) groups excluding carboxylic acids is 1. The van der Waals surface area contributed by atoms with Crippen molar-refractivity contribution in [1.82, 2.24) is 0 Å². The lowest BCUT2D eigenvalue weighted by molar-refractivity contribution is -0.899. The van der Waals surface area contributed by atoms with Gasteiger partial charge in [-0.15, -0.1) is 0 Å². The Morgan fingerprint density at radius 2 is 1.60 bits per heavy atom. The van der Waals surface area contributed by atoms with Gasteiger partial charge in [0, 0.05) is 5.56 Å². The molecule has 0 amide bonds. The largest absolute Gasteiger partial charge is 0.497 e. The first-order valence-electron chi connectivity index (χ1n) is 9.34. The Kier molecular flexibility index (Phi) is 6.24. The molecule has 3 rings (SSSR count). The average molecular weight is 338 g/mol. The fourth-order valence-corrected chi connectivity index (χ4v) is 3.73. The highest BCUT2D eigenvalue weighted by atomic mass is 16.5. The molecule has 3 heteroatoms. The Labute approximate surface area is 150 Å². The normalized spacial score (nSPS) is 16.8. The van der Waals surface area contributed by atoms with Gasteiger partial charge in [-0.05, 0) is 55.5 Å². The first-order valence-corrected chi connectivity index (χ1v) is 9.34. The van der Waals surface area contributed by atoms with Gasteiger partial charge in [-0.3, -0.25) is 4.79 Å². The van der Waals surface area contributed by atoms with Crippen molar-refractivity contribution < 1.29 is 14.4 Å². The number of quaternary nitrogens is 1. The highest BCUT2D eigenvalue weighted by molar-refractivity contribution is 6.01. The molecule has 132 valence electrons. The molecule has 1 aliphatic heterocycles. The van der Waals surface area contributed by atoms with Crippen LogP contribution in [0.4, 0.5) is 0 Å². The van der Waals surface area contributed by atoms with Crippen molar-refractivity contribution in [3.63, 3.8) is 0 Å². The molecule has 1 aliphatic rings. The first-order chi connectivity index (χ1) is 12.3. The number of ether oxygens (including phenoxy) is 1. The van der Waals surface area contributed by atoms with Crippen LogP contribution in [0.5, 0.6) is 5.75 Å². The van der Waals surface area contributed by atoms with Gasteiger partial charge < -0.3 is 9.64 Å². The van der Waals surface area contributed by atoms with Crippen molar-refractivity contribution in [3.8, 4) is 5.75 Å². The lowest BCUT2D eigenvalue weighted by Crippen LogP contribution is -3.12. The fourth-order valence-electron chi connectivity index (χ4n) is 3.73. The molecule has 3 nitrogen and oxygen atoms in total. The molecular formula is C22H28NO2+. The van der Waals surface area contributed by atoms with Gasteiger partial charge in [0.05, 0.1) is 32.7 Å². The van der Waals surface area contributed by atoms with E-state index in [1.54, 1.807) is 12.0 Å². The second-order valence-electron chi connectivity index (χ2n) is 6.92. The fraction of sp³-hybridized carbons (Fsp3) is 0.409. The zero-order valence-electron chi connectivity index (χ0n) is 15.0. The van der Waals surface area contributed by atoms with E-state index >= 15 is 0 Å². The van der Waals surface area contributed by atoms with Crippen LogP contribution in [0.15, 0.2) is 54.6 Å². The van der Waals surface area contributed by atoms with Crippen LogP contribution in [0.3, 0.4) is 0 Å². The summed E-state index contributed by atoms with van der Waals surface area (Å²) in [6.07, 6.45) is 5.19. The van der Waals surface area contributed by atoms with Crippen molar-refractivity contribution >= 4 is 5.78 Å². The van der Waals surface area contributed by atoms with Crippen LogP contribution >= 0.6 is 0 Å². The third-order valence-corrected chi connectivity index (χ3v) is 5.20. The maximum Gasteiger partial charge on any atom is 0.175 e. The van der Waals surface area contributed by atoms with Crippen LogP contribution in [0, 0.1) is 0 Å². The smallest absolute Gasteiger partial charge is 0.175 e. The Balaban J connectivity index is 1.83. The van der Waals surface area contributed by atoms with Crippen molar-refractivity contribution in [2.75, 3.05) is 26.7 Å². The van der Waals surface area contributed by atoms with Gasteiger partial charge in [-0.25, -0.2) is 0 Å². The predicted octanol–water partition coefficient (Wildman–Crippen LogP) is 3.12. The number of rotatable bonds is 6. The van der Waals surface area contributed by atoms with Crippen molar-refractivity contribution in [2.45, 2.75) is 31.6 Å². The summed E-state index contributed by atoms with van der Waals surface area (Å²) >= 11 is 0. The summed E-state index contributed by atoms with van der Waals surface area (Å²) in [5.74, 6) is 0.916. The van der Waals surface area contributed by atoms with Gasteiger partial charge in [0.2, 0.25) is 0 Å². The monoisotopic (exact) mass is 338 g/mol. The Morgan fingerprint density at radius 1 is 0.960 bits per heavy atom. The van der Waals surface area contributed by atoms with Crippen molar-refractivity contribution in [2.24, 2.45) is 0 Å². The molecule has 1 unspecified atom stereocenters. The highest BCUT2D eigenvalue weighted by Gasteiger charge is 2.27.